The van der Waals surface area contributed by atoms with Crippen molar-refractivity contribution in [1.82, 2.24) is 15.2 Å². The van der Waals surface area contributed by atoms with Crippen LogP contribution in [0.15, 0.2) is 54.0 Å². The maximum absolute atomic E-state index is 12.6. The van der Waals surface area contributed by atoms with Gasteiger partial charge in [-0.25, -0.2) is 0 Å². The van der Waals surface area contributed by atoms with E-state index >= 15 is 0 Å². The smallest absolute Gasteiger partial charge is 0.225 e. The summed E-state index contributed by atoms with van der Waals surface area (Å²) in [7, 11) is 0. The molecule has 1 fully saturated rings. The molecule has 1 aliphatic rings. The van der Waals surface area contributed by atoms with Gasteiger partial charge in [0.25, 0.3) is 0 Å². The number of hydrogen-bond acceptors (Lipinski definition) is 4. The second-order valence-electron chi connectivity index (χ2n) is 6.84. The predicted molar refractivity (Wildman–Crippen MR) is 106 cm³/mol. The molecule has 2 amide bonds. The monoisotopic (exact) mass is 379 g/mol. The van der Waals surface area contributed by atoms with Crippen LogP contribution in [0.25, 0.3) is 10.1 Å². The normalized spacial score (nSPS) is 17.3. The molecular formula is C21H21N3O2S. The lowest BCUT2D eigenvalue weighted by Crippen LogP contribution is -2.45. The molecule has 0 spiro atoms. The quantitative estimate of drug-likeness (QED) is 0.739. The van der Waals surface area contributed by atoms with Gasteiger partial charge >= 0.3 is 0 Å². The Morgan fingerprint density at radius 3 is 3.04 bits per heavy atom. The molecule has 1 unspecified atom stereocenters. The number of fused-ring (bicyclic) bond motifs is 1. The van der Waals surface area contributed by atoms with Crippen molar-refractivity contribution >= 4 is 33.2 Å². The second kappa shape index (κ2) is 7.88. The summed E-state index contributed by atoms with van der Waals surface area (Å²) in [5.74, 6) is -0.0668. The van der Waals surface area contributed by atoms with Crippen molar-refractivity contribution in [2.24, 2.45) is 5.92 Å². The fraction of sp³-hybridized carbons (Fsp3) is 0.286. The van der Waals surface area contributed by atoms with E-state index in [-0.39, 0.29) is 17.7 Å². The van der Waals surface area contributed by atoms with Crippen LogP contribution in [0.2, 0.25) is 0 Å². The van der Waals surface area contributed by atoms with E-state index in [0.717, 1.165) is 11.3 Å². The fourth-order valence-electron chi connectivity index (χ4n) is 3.43. The molecule has 2 aromatic heterocycles. The van der Waals surface area contributed by atoms with Gasteiger partial charge in [-0.15, -0.1) is 11.3 Å². The number of benzene rings is 1. The van der Waals surface area contributed by atoms with Gasteiger partial charge in [-0.1, -0.05) is 12.1 Å². The Morgan fingerprint density at radius 2 is 2.19 bits per heavy atom. The number of likely N-dealkylation sites (tertiary alicyclic amines) is 1. The molecule has 0 bridgehead atoms. The molecule has 4 rings (SSSR count). The number of carbonyl (C=O) groups is 2. The highest BCUT2D eigenvalue weighted by Gasteiger charge is 2.30. The minimum Gasteiger partial charge on any atom is -0.352 e. The first-order valence-corrected chi connectivity index (χ1v) is 9.98. The first-order valence-electron chi connectivity index (χ1n) is 9.10. The summed E-state index contributed by atoms with van der Waals surface area (Å²) in [5, 5.41) is 6.31. The van der Waals surface area contributed by atoms with E-state index < -0.39 is 0 Å². The van der Waals surface area contributed by atoms with Gasteiger partial charge in [0.1, 0.15) is 0 Å². The standard InChI is InChI=1S/C21H21N3O2S/c25-20-7-5-17(13-24(20)14-18-3-1-2-9-22-18)21(26)23-12-15-4-6-19-16(11-15)8-10-27-19/h1-4,6,8-11,17H,5,7,12-14H2,(H,23,26). The van der Waals surface area contributed by atoms with Crippen molar-refractivity contribution in [1.29, 1.82) is 0 Å². The van der Waals surface area contributed by atoms with E-state index in [1.807, 2.05) is 18.2 Å². The second-order valence-corrected chi connectivity index (χ2v) is 7.79. The first kappa shape index (κ1) is 17.7. The summed E-state index contributed by atoms with van der Waals surface area (Å²) in [5.41, 5.74) is 1.93. The number of pyridine rings is 1. The maximum atomic E-state index is 12.6. The SMILES string of the molecule is O=C(NCc1ccc2sccc2c1)C1CCC(=O)N(Cc2ccccn2)C1. The van der Waals surface area contributed by atoms with Gasteiger partial charge in [0.2, 0.25) is 11.8 Å². The highest BCUT2D eigenvalue weighted by Crippen LogP contribution is 2.22. The summed E-state index contributed by atoms with van der Waals surface area (Å²) in [6.45, 7) is 1.42. The molecule has 1 aromatic carbocycles. The highest BCUT2D eigenvalue weighted by atomic mass is 32.1. The zero-order chi connectivity index (χ0) is 18.6. The molecule has 1 aliphatic heterocycles. The summed E-state index contributed by atoms with van der Waals surface area (Å²) in [6, 6.07) is 14.0. The Kier molecular flexibility index (Phi) is 5.16. The molecule has 0 saturated carbocycles. The number of piperidine rings is 1. The number of rotatable bonds is 5. The molecule has 1 saturated heterocycles. The van der Waals surface area contributed by atoms with Crippen LogP contribution in [0, 0.1) is 5.92 Å². The van der Waals surface area contributed by atoms with Gasteiger partial charge in [-0.3, -0.25) is 14.6 Å². The van der Waals surface area contributed by atoms with Gasteiger partial charge in [-0.05, 0) is 53.1 Å². The lowest BCUT2D eigenvalue weighted by molar-refractivity contribution is -0.139. The predicted octanol–water partition coefficient (Wildman–Crippen LogP) is 3.35. The molecule has 5 nitrogen and oxygen atoms in total. The van der Waals surface area contributed by atoms with E-state index in [1.165, 1.54) is 10.1 Å². The summed E-state index contributed by atoms with van der Waals surface area (Å²) < 4.78 is 1.25. The van der Waals surface area contributed by atoms with Crippen molar-refractivity contribution in [3.8, 4) is 0 Å². The Bertz CT molecular complexity index is 954. The Labute approximate surface area is 162 Å². The van der Waals surface area contributed by atoms with Crippen LogP contribution in [0.5, 0.6) is 0 Å². The zero-order valence-corrected chi connectivity index (χ0v) is 15.7. The molecule has 1 atom stereocenters. The summed E-state index contributed by atoms with van der Waals surface area (Å²) >= 11 is 1.71. The molecule has 0 radical (unpaired) electrons. The van der Waals surface area contributed by atoms with Crippen LogP contribution >= 0.6 is 11.3 Å². The van der Waals surface area contributed by atoms with Crippen molar-refractivity contribution in [2.75, 3.05) is 6.54 Å². The number of carbonyl (C=O) groups excluding carboxylic acids is 2. The van der Waals surface area contributed by atoms with E-state index in [9.17, 15) is 9.59 Å². The van der Waals surface area contributed by atoms with Crippen molar-refractivity contribution in [3.05, 3.63) is 65.3 Å². The lowest BCUT2D eigenvalue weighted by Gasteiger charge is -2.31. The Hall–Kier alpha value is -2.73. The van der Waals surface area contributed by atoms with Gasteiger partial charge in [0, 0.05) is 30.4 Å². The third-order valence-electron chi connectivity index (χ3n) is 4.93. The molecule has 3 heterocycles. The van der Waals surface area contributed by atoms with Crippen molar-refractivity contribution < 1.29 is 9.59 Å². The zero-order valence-electron chi connectivity index (χ0n) is 14.9. The Morgan fingerprint density at radius 1 is 1.26 bits per heavy atom. The van der Waals surface area contributed by atoms with Crippen LogP contribution < -0.4 is 5.32 Å². The molecule has 1 N–H and O–H groups in total. The number of hydrogen-bond donors (Lipinski definition) is 1. The van der Waals surface area contributed by atoms with Gasteiger partial charge in [0.15, 0.2) is 0 Å². The van der Waals surface area contributed by atoms with Gasteiger partial charge < -0.3 is 10.2 Å². The van der Waals surface area contributed by atoms with Crippen LogP contribution in [0.4, 0.5) is 0 Å². The highest BCUT2D eigenvalue weighted by molar-refractivity contribution is 7.17. The van der Waals surface area contributed by atoms with Crippen LogP contribution in [0.3, 0.4) is 0 Å². The van der Waals surface area contributed by atoms with Crippen molar-refractivity contribution in [2.45, 2.75) is 25.9 Å². The van der Waals surface area contributed by atoms with Gasteiger partial charge in [-0.2, -0.15) is 0 Å². The van der Waals surface area contributed by atoms with Crippen LogP contribution in [0.1, 0.15) is 24.1 Å². The van der Waals surface area contributed by atoms with E-state index in [0.29, 0.717) is 32.5 Å². The summed E-state index contributed by atoms with van der Waals surface area (Å²) in [4.78, 5) is 30.9. The third-order valence-corrected chi connectivity index (χ3v) is 5.83. The molecule has 138 valence electrons. The number of nitrogens with zero attached hydrogens (tertiary/aromatic N) is 2. The minimum absolute atomic E-state index is 0.0129. The van der Waals surface area contributed by atoms with Crippen LogP contribution in [-0.2, 0) is 22.7 Å². The summed E-state index contributed by atoms with van der Waals surface area (Å²) in [6.07, 6.45) is 2.73. The average molecular weight is 379 g/mol. The number of amides is 2. The fourth-order valence-corrected chi connectivity index (χ4v) is 4.20. The number of nitrogens with one attached hydrogen (secondary N) is 1. The average Bonchev–Trinajstić information content (AvgIpc) is 3.16. The maximum Gasteiger partial charge on any atom is 0.225 e. The third kappa shape index (κ3) is 4.17. The number of thiophene rings is 1. The topological polar surface area (TPSA) is 62.3 Å². The van der Waals surface area contributed by atoms with E-state index in [4.69, 9.17) is 0 Å². The van der Waals surface area contributed by atoms with E-state index in [2.05, 4.69) is 39.9 Å². The largest absolute Gasteiger partial charge is 0.352 e. The molecule has 3 aromatic rings. The van der Waals surface area contributed by atoms with Gasteiger partial charge in [0.05, 0.1) is 18.2 Å². The van der Waals surface area contributed by atoms with E-state index in [1.54, 1.807) is 22.4 Å². The number of aromatic nitrogens is 1. The minimum atomic E-state index is -0.170. The van der Waals surface area contributed by atoms with Crippen LogP contribution in [-0.4, -0.2) is 28.2 Å². The Balaban J connectivity index is 1.35. The molecular weight excluding hydrogens is 358 g/mol. The molecule has 27 heavy (non-hydrogen) atoms. The first-order chi connectivity index (χ1) is 13.2. The molecule has 0 aliphatic carbocycles. The molecule has 6 heteroatoms. The van der Waals surface area contributed by atoms with Crippen molar-refractivity contribution in [3.63, 3.8) is 0 Å². The lowest BCUT2D eigenvalue weighted by atomic mass is 9.96.